The summed E-state index contributed by atoms with van der Waals surface area (Å²) in [5.74, 6) is 0. The number of nitrogens with zero attached hydrogens (tertiary/aromatic N) is 1. The Bertz CT molecular complexity index is 561. The summed E-state index contributed by atoms with van der Waals surface area (Å²) in [5, 5.41) is 0. The van der Waals surface area contributed by atoms with E-state index < -0.39 is 0 Å². The van der Waals surface area contributed by atoms with E-state index in [-0.39, 0.29) is 0 Å². The van der Waals surface area contributed by atoms with E-state index in [9.17, 15) is 0 Å². The van der Waals surface area contributed by atoms with Gasteiger partial charge in [0.25, 0.3) is 0 Å². The Balaban J connectivity index is 2.00. The third kappa shape index (κ3) is 3.50. The van der Waals surface area contributed by atoms with Crippen LogP contribution in [-0.4, -0.2) is 13.6 Å². The van der Waals surface area contributed by atoms with Crippen LogP contribution in [0.5, 0.6) is 0 Å². The van der Waals surface area contributed by atoms with Crippen LogP contribution in [0.15, 0.2) is 42.5 Å². The summed E-state index contributed by atoms with van der Waals surface area (Å²) in [7, 11) is 2.11. The molecule has 2 aromatic rings. The van der Waals surface area contributed by atoms with Crippen molar-refractivity contribution in [1.29, 1.82) is 0 Å². The van der Waals surface area contributed by atoms with Crippen LogP contribution in [0.1, 0.15) is 16.7 Å². The third-order valence-corrected chi connectivity index (χ3v) is 3.62. The lowest BCUT2D eigenvalue weighted by atomic mass is 10.0. The van der Waals surface area contributed by atoms with E-state index in [1.54, 1.807) is 0 Å². The van der Waals surface area contributed by atoms with Gasteiger partial charge in [-0.15, -0.1) is 0 Å². The van der Waals surface area contributed by atoms with Gasteiger partial charge in [-0.3, -0.25) is 0 Å². The minimum atomic E-state index is 0.815. The lowest BCUT2D eigenvalue weighted by Gasteiger charge is -2.20. The number of hydrogen-bond donors (Lipinski definition) is 1. The molecule has 0 aliphatic carbocycles. The standard InChI is InChI=1S/C17H22N2/c1-13-7-8-15(11-14(13)2)9-10-19(3)17-6-4-5-16(18)12-17/h4-8,11-12H,9-10,18H2,1-3H3. The monoisotopic (exact) mass is 254 g/mol. The van der Waals surface area contributed by atoms with Gasteiger partial charge in [-0.25, -0.2) is 0 Å². The molecule has 0 aromatic heterocycles. The Labute approximate surface area is 115 Å². The number of aryl methyl sites for hydroxylation is 2. The molecular formula is C17H22N2. The Morgan fingerprint density at radius 1 is 1.00 bits per heavy atom. The molecule has 2 N–H and O–H groups in total. The van der Waals surface area contributed by atoms with Crippen molar-refractivity contribution in [3.05, 3.63) is 59.2 Å². The molecule has 2 nitrogen and oxygen atoms in total. The zero-order valence-corrected chi connectivity index (χ0v) is 12.0. The number of benzene rings is 2. The number of nitrogens with two attached hydrogens (primary N) is 1. The smallest absolute Gasteiger partial charge is 0.0384 e. The summed E-state index contributed by atoms with van der Waals surface area (Å²) in [5.41, 5.74) is 11.9. The number of likely N-dealkylation sites (N-methyl/N-ethyl adjacent to an activating group) is 1. The fourth-order valence-corrected chi connectivity index (χ4v) is 2.15. The van der Waals surface area contributed by atoms with Crippen LogP contribution in [-0.2, 0) is 6.42 Å². The second kappa shape index (κ2) is 5.79. The normalized spacial score (nSPS) is 10.5. The molecular weight excluding hydrogens is 232 g/mol. The van der Waals surface area contributed by atoms with Crippen LogP contribution in [0.4, 0.5) is 11.4 Å². The minimum Gasteiger partial charge on any atom is -0.399 e. The minimum absolute atomic E-state index is 0.815. The van der Waals surface area contributed by atoms with Crippen molar-refractivity contribution in [3.63, 3.8) is 0 Å². The summed E-state index contributed by atoms with van der Waals surface area (Å²) in [6.45, 7) is 5.31. The predicted molar refractivity (Wildman–Crippen MR) is 83.7 cm³/mol. The molecule has 2 aromatic carbocycles. The number of rotatable bonds is 4. The lowest BCUT2D eigenvalue weighted by molar-refractivity contribution is 0.875. The number of hydrogen-bond acceptors (Lipinski definition) is 2. The van der Waals surface area contributed by atoms with Crippen molar-refractivity contribution in [2.45, 2.75) is 20.3 Å². The lowest BCUT2D eigenvalue weighted by Crippen LogP contribution is -2.20. The number of nitrogen functional groups attached to an aromatic ring is 1. The van der Waals surface area contributed by atoms with E-state index in [4.69, 9.17) is 5.73 Å². The van der Waals surface area contributed by atoms with Crippen LogP contribution in [0.25, 0.3) is 0 Å². The molecule has 0 unspecified atom stereocenters. The van der Waals surface area contributed by atoms with E-state index in [1.165, 1.54) is 22.4 Å². The molecule has 2 heteroatoms. The summed E-state index contributed by atoms with van der Waals surface area (Å²) >= 11 is 0. The fourth-order valence-electron chi connectivity index (χ4n) is 2.15. The van der Waals surface area contributed by atoms with Gasteiger partial charge in [0, 0.05) is 25.0 Å². The largest absolute Gasteiger partial charge is 0.399 e. The van der Waals surface area contributed by atoms with Crippen molar-refractivity contribution in [2.24, 2.45) is 0 Å². The Morgan fingerprint density at radius 2 is 1.79 bits per heavy atom. The van der Waals surface area contributed by atoms with Crippen LogP contribution in [0, 0.1) is 13.8 Å². The average molecular weight is 254 g/mol. The molecule has 0 spiro atoms. The first-order valence-electron chi connectivity index (χ1n) is 6.69. The SMILES string of the molecule is Cc1ccc(CCN(C)c2cccc(N)c2)cc1C. The molecule has 0 bridgehead atoms. The maximum atomic E-state index is 5.81. The quantitative estimate of drug-likeness (QED) is 0.845. The van der Waals surface area contributed by atoms with Crippen molar-refractivity contribution in [3.8, 4) is 0 Å². The molecule has 100 valence electrons. The van der Waals surface area contributed by atoms with Crippen LogP contribution in [0.3, 0.4) is 0 Å². The Kier molecular flexibility index (Phi) is 4.10. The molecule has 2 rings (SSSR count). The molecule has 0 saturated carbocycles. The van der Waals surface area contributed by atoms with Crippen molar-refractivity contribution in [2.75, 3.05) is 24.2 Å². The molecule has 0 fully saturated rings. The van der Waals surface area contributed by atoms with E-state index in [0.29, 0.717) is 0 Å². The third-order valence-electron chi connectivity index (χ3n) is 3.62. The molecule has 0 amide bonds. The van der Waals surface area contributed by atoms with Gasteiger partial charge in [0.1, 0.15) is 0 Å². The highest BCUT2D eigenvalue weighted by atomic mass is 15.1. The fraction of sp³-hybridized carbons (Fsp3) is 0.294. The molecule has 0 radical (unpaired) electrons. The van der Waals surface area contributed by atoms with Gasteiger partial charge in [0.15, 0.2) is 0 Å². The molecule has 0 atom stereocenters. The van der Waals surface area contributed by atoms with Gasteiger partial charge in [-0.05, 0) is 55.2 Å². The average Bonchev–Trinajstić information content (AvgIpc) is 2.40. The second-order valence-corrected chi connectivity index (χ2v) is 5.19. The maximum Gasteiger partial charge on any atom is 0.0384 e. The van der Waals surface area contributed by atoms with E-state index in [0.717, 1.165) is 18.7 Å². The topological polar surface area (TPSA) is 29.3 Å². The summed E-state index contributed by atoms with van der Waals surface area (Å²) in [6.07, 6.45) is 1.05. The first kappa shape index (κ1) is 13.5. The van der Waals surface area contributed by atoms with Crippen LogP contribution in [0.2, 0.25) is 0 Å². The van der Waals surface area contributed by atoms with Crippen molar-refractivity contribution < 1.29 is 0 Å². The summed E-state index contributed by atoms with van der Waals surface area (Å²) in [4.78, 5) is 2.24. The first-order chi connectivity index (χ1) is 9.06. The molecule has 0 saturated heterocycles. The van der Waals surface area contributed by atoms with Crippen LogP contribution < -0.4 is 10.6 Å². The van der Waals surface area contributed by atoms with Crippen LogP contribution >= 0.6 is 0 Å². The predicted octanol–water partition coefficient (Wildman–Crippen LogP) is 3.56. The van der Waals surface area contributed by atoms with Crippen molar-refractivity contribution >= 4 is 11.4 Å². The zero-order chi connectivity index (χ0) is 13.8. The van der Waals surface area contributed by atoms with Gasteiger partial charge in [0.05, 0.1) is 0 Å². The van der Waals surface area contributed by atoms with Gasteiger partial charge in [-0.2, -0.15) is 0 Å². The second-order valence-electron chi connectivity index (χ2n) is 5.19. The molecule has 0 heterocycles. The van der Waals surface area contributed by atoms with E-state index in [2.05, 4.69) is 50.1 Å². The maximum absolute atomic E-state index is 5.81. The molecule has 0 aliphatic rings. The van der Waals surface area contributed by atoms with Crippen molar-refractivity contribution in [1.82, 2.24) is 0 Å². The molecule has 19 heavy (non-hydrogen) atoms. The van der Waals surface area contributed by atoms with E-state index in [1.807, 2.05) is 18.2 Å². The Hall–Kier alpha value is -1.96. The number of anilines is 2. The highest BCUT2D eigenvalue weighted by Crippen LogP contribution is 2.17. The zero-order valence-electron chi connectivity index (χ0n) is 12.0. The summed E-state index contributed by atoms with van der Waals surface area (Å²) < 4.78 is 0. The van der Waals surface area contributed by atoms with Gasteiger partial charge in [-0.1, -0.05) is 24.3 Å². The van der Waals surface area contributed by atoms with Gasteiger partial charge < -0.3 is 10.6 Å². The molecule has 0 aliphatic heterocycles. The van der Waals surface area contributed by atoms with Gasteiger partial charge >= 0.3 is 0 Å². The highest BCUT2D eigenvalue weighted by molar-refractivity contribution is 5.55. The Morgan fingerprint density at radius 3 is 2.47 bits per heavy atom. The first-order valence-corrected chi connectivity index (χ1v) is 6.69. The highest BCUT2D eigenvalue weighted by Gasteiger charge is 2.02. The van der Waals surface area contributed by atoms with E-state index >= 15 is 0 Å². The summed E-state index contributed by atoms with van der Waals surface area (Å²) in [6, 6.07) is 14.7. The van der Waals surface area contributed by atoms with Gasteiger partial charge in [0.2, 0.25) is 0 Å².